The van der Waals surface area contributed by atoms with E-state index in [9.17, 15) is 14.4 Å². The van der Waals surface area contributed by atoms with Gasteiger partial charge in [-0.15, -0.1) is 0 Å². The van der Waals surface area contributed by atoms with Gasteiger partial charge in [-0.1, -0.05) is 0 Å². The van der Waals surface area contributed by atoms with Gasteiger partial charge < -0.3 is 15.0 Å². The molecule has 0 aliphatic rings. The van der Waals surface area contributed by atoms with E-state index in [-0.39, 0.29) is 5.56 Å². The molecule has 1 rings (SSSR count). The molecule has 0 radical (unpaired) electrons. The third-order valence-corrected chi connectivity index (χ3v) is 2.09. The van der Waals surface area contributed by atoms with Crippen LogP contribution in [-0.4, -0.2) is 27.6 Å². The minimum Gasteiger partial charge on any atom is -0.480 e. The Labute approximate surface area is 91.5 Å². The Balaban J connectivity index is 2.94. The largest absolute Gasteiger partial charge is 0.480 e. The van der Waals surface area contributed by atoms with Gasteiger partial charge in [-0.05, 0) is 19.1 Å². The van der Waals surface area contributed by atoms with E-state index in [1.165, 1.54) is 30.8 Å². The number of nitrogens with zero attached hydrogens (tertiary/aromatic N) is 1. The zero-order valence-corrected chi connectivity index (χ0v) is 8.93. The average Bonchev–Trinajstić information content (AvgIpc) is 2.21. The van der Waals surface area contributed by atoms with Crippen LogP contribution in [0.25, 0.3) is 0 Å². The summed E-state index contributed by atoms with van der Waals surface area (Å²) in [6.07, 6.45) is 1.51. The first-order chi connectivity index (χ1) is 7.43. The summed E-state index contributed by atoms with van der Waals surface area (Å²) in [4.78, 5) is 33.6. The summed E-state index contributed by atoms with van der Waals surface area (Å²) >= 11 is 0. The number of pyridine rings is 1. The molecule has 1 heterocycles. The van der Waals surface area contributed by atoms with Crippen LogP contribution >= 0.6 is 0 Å². The number of carboxylic acid groups (broad SMARTS) is 1. The molecular formula is C10H12N2O4. The minimum atomic E-state index is -1.15. The zero-order chi connectivity index (χ0) is 12.3. The SMILES string of the molecule is C[C@H](NC(=O)c1cccn(C)c1=O)C(=O)O. The number of carbonyl (C=O) groups is 2. The van der Waals surface area contributed by atoms with E-state index in [1.807, 2.05) is 0 Å². The van der Waals surface area contributed by atoms with Crippen molar-refractivity contribution in [2.24, 2.45) is 7.05 Å². The van der Waals surface area contributed by atoms with Gasteiger partial charge in [0.2, 0.25) is 0 Å². The van der Waals surface area contributed by atoms with Gasteiger partial charge in [-0.2, -0.15) is 0 Å². The Morgan fingerprint density at radius 1 is 1.50 bits per heavy atom. The van der Waals surface area contributed by atoms with Crippen molar-refractivity contribution in [2.45, 2.75) is 13.0 Å². The maximum absolute atomic E-state index is 11.5. The number of aryl methyl sites for hydroxylation is 1. The summed E-state index contributed by atoms with van der Waals surface area (Å²) in [6, 6.07) is 1.87. The number of aromatic nitrogens is 1. The Kier molecular flexibility index (Phi) is 3.44. The second kappa shape index (κ2) is 4.61. The number of amides is 1. The van der Waals surface area contributed by atoms with Crippen molar-refractivity contribution in [3.8, 4) is 0 Å². The highest BCUT2D eigenvalue weighted by Gasteiger charge is 2.17. The van der Waals surface area contributed by atoms with E-state index in [2.05, 4.69) is 5.32 Å². The summed E-state index contributed by atoms with van der Waals surface area (Å²) in [6.45, 7) is 1.33. The number of carboxylic acids is 1. The lowest BCUT2D eigenvalue weighted by molar-refractivity contribution is -0.138. The van der Waals surface area contributed by atoms with Crippen molar-refractivity contribution in [3.05, 3.63) is 34.2 Å². The van der Waals surface area contributed by atoms with Crippen molar-refractivity contribution in [1.29, 1.82) is 0 Å². The zero-order valence-electron chi connectivity index (χ0n) is 8.93. The smallest absolute Gasteiger partial charge is 0.325 e. The van der Waals surface area contributed by atoms with E-state index in [0.29, 0.717) is 0 Å². The lowest BCUT2D eigenvalue weighted by atomic mass is 10.2. The molecule has 0 aliphatic heterocycles. The number of nitrogens with one attached hydrogen (secondary N) is 1. The second-order valence-electron chi connectivity index (χ2n) is 3.37. The first-order valence-corrected chi connectivity index (χ1v) is 4.63. The molecule has 0 aliphatic carbocycles. The fourth-order valence-electron chi connectivity index (χ4n) is 1.11. The summed E-state index contributed by atoms with van der Waals surface area (Å²) < 4.78 is 1.25. The summed E-state index contributed by atoms with van der Waals surface area (Å²) in [7, 11) is 1.51. The van der Waals surface area contributed by atoms with E-state index >= 15 is 0 Å². The summed E-state index contributed by atoms with van der Waals surface area (Å²) in [5.74, 6) is -1.84. The fraction of sp³-hybridized carbons (Fsp3) is 0.300. The van der Waals surface area contributed by atoms with Gasteiger partial charge in [0.1, 0.15) is 11.6 Å². The van der Waals surface area contributed by atoms with Gasteiger partial charge in [0.15, 0.2) is 0 Å². The molecule has 6 heteroatoms. The molecule has 6 nitrogen and oxygen atoms in total. The van der Waals surface area contributed by atoms with Gasteiger partial charge in [-0.25, -0.2) is 0 Å². The summed E-state index contributed by atoms with van der Waals surface area (Å²) in [5, 5.41) is 10.8. The predicted molar refractivity (Wildman–Crippen MR) is 56.2 cm³/mol. The number of aliphatic carboxylic acids is 1. The van der Waals surface area contributed by atoms with Gasteiger partial charge in [-0.3, -0.25) is 14.4 Å². The monoisotopic (exact) mass is 224 g/mol. The Morgan fingerprint density at radius 3 is 2.69 bits per heavy atom. The van der Waals surface area contributed by atoms with Crippen LogP contribution in [0.1, 0.15) is 17.3 Å². The van der Waals surface area contributed by atoms with Crippen molar-refractivity contribution in [3.63, 3.8) is 0 Å². The number of hydrogen-bond acceptors (Lipinski definition) is 3. The van der Waals surface area contributed by atoms with Gasteiger partial charge in [0.05, 0.1) is 0 Å². The van der Waals surface area contributed by atoms with Crippen LogP contribution in [0, 0.1) is 0 Å². The third-order valence-electron chi connectivity index (χ3n) is 2.09. The Hall–Kier alpha value is -2.11. The standard InChI is InChI=1S/C10H12N2O4/c1-6(10(15)16)11-8(13)7-4-3-5-12(2)9(7)14/h3-6H,1-2H3,(H,11,13)(H,15,16)/t6-/m0/s1. The van der Waals surface area contributed by atoms with E-state index in [1.54, 1.807) is 6.07 Å². The molecule has 16 heavy (non-hydrogen) atoms. The van der Waals surface area contributed by atoms with Crippen molar-refractivity contribution >= 4 is 11.9 Å². The maximum atomic E-state index is 11.5. The molecule has 86 valence electrons. The van der Waals surface area contributed by atoms with E-state index in [0.717, 1.165) is 0 Å². The molecule has 0 aromatic carbocycles. The van der Waals surface area contributed by atoms with Crippen molar-refractivity contribution in [2.75, 3.05) is 0 Å². The van der Waals surface area contributed by atoms with Crippen molar-refractivity contribution in [1.82, 2.24) is 9.88 Å². The normalized spacial score (nSPS) is 11.9. The van der Waals surface area contributed by atoms with Crippen molar-refractivity contribution < 1.29 is 14.7 Å². The fourth-order valence-corrected chi connectivity index (χ4v) is 1.11. The highest BCUT2D eigenvalue weighted by atomic mass is 16.4. The molecule has 2 N–H and O–H groups in total. The van der Waals surface area contributed by atoms with Crippen LogP contribution in [-0.2, 0) is 11.8 Å². The molecule has 0 unspecified atom stereocenters. The molecular weight excluding hydrogens is 212 g/mol. The number of hydrogen-bond donors (Lipinski definition) is 2. The van der Waals surface area contributed by atoms with Crippen LogP contribution in [0.2, 0.25) is 0 Å². The third kappa shape index (κ3) is 2.47. The molecule has 1 atom stereocenters. The maximum Gasteiger partial charge on any atom is 0.325 e. The molecule has 0 saturated carbocycles. The molecule has 0 saturated heterocycles. The second-order valence-corrected chi connectivity index (χ2v) is 3.37. The van der Waals surface area contributed by atoms with E-state index < -0.39 is 23.5 Å². The average molecular weight is 224 g/mol. The highest BCUT2D eigenvalue weighted by molar-refractivity contribution is 5.96. The molecule has 1 aromatic rings. The topological polar surface area (TPSA) is 88.4 Å². The number of carbonyl (C=O) groups excluding carboxylic acids is 1. The quantitative estimate of drug-likeness (QED) is 0.730. The Morgan fingerprint density at radius 2 is 2.12 bits per heavy atom. The molecule has 0 bridgehead atoms. The highest BCUT2D eigenvalue weighted by Crippen LogP contribution is 1.92. The van der Waals surface area contributed by atoms with Gasteiger partial charge in [0.25, 0.3) is 11.5 Å². The minimum absolute atomic E-state index is 0.0712. The first-order valence-electron chi connectivity index (χ1n) is 4.63. The molecule has 0 spiro atoms. The molecule has 1 amide bonds. The molecule has 1 aromatic heterocycles. The van der Waals surface area contributed by atoms with Crippen LogP contribution in [0.5, 0.6) is 0 Å². The first kappa shape index (κ1) is 12.0. The predicted octanol–water partition coefficient (Wildman–Crippen LogP) is -0.412. The van der Waals surface area contributed by atoms with Crippen LogP contribution in [0.15, 0.2) is 23.1 Å². The van der Waals surface area contributed by atoms with Crippen LogP contribution in [0.4, 0.5) is 0 Å². The molecule has 0 fully saturated rings. The Bertz CT molecular complexity index is 478. The lowest BCUT2D eigenvalue weighted by Crippen LogP contribution is -2.41. The van der Waals surface area contributed by atoms with Crippen LogP contribution in [0.3, 0.4) is 0 Å². The van der Waals surface area contributed by atoms with Crippen LogP contribution < -0.4 is 10.9 Å². The van der Waals surface area contributed by atoms with E-state index in [4.69, 9.17) is 5.11 Å². The number of rotatable bonds is 3. The van der Waals surface area contributed by atoms with Gasteiger partial charge >= 0.3 is 5.97 Å². The van der Waals surface area contributed by atoms with Gasteiger partial charge in [0, 0.05) is 13.2 Å². The lowest BCUT2D eigenvalue weighted by Gasteiger charge is -2.09. The summed E-state index contributed by atoms with van der Waals surface area (Å²) in [5.41, 5.74) is -0.532.